The maximum absolute atomic E-state index is 14.2. The summed E-state index contributed by atoms with van der Waals surface area (Å²) in [5, 5.41) is 26.2. The van der Waals surface area contributed by atoms with Gasteiger partial charge in [0.2, 0.25) is 17.7 Å². The third kappa shape index (κ3) is 10.2. The van der Waals surface area contributed by atoms with Crippen molar-refractivity contribution in [2.45, 2.75) is 118 Å². The number of benzene rings is 3. The molecule has 1 aromatic heterocycles. The molecule has 14 nitrogen and oxygen atoms in total. The first kappa shape index (κ1) is 50.6. The van der Waals surface area contributed by atoms with E-state index in [4.69, 9.17) is 21.1 Å². The first-order valence-corrected chi connectivity index (χ1v) is 25.0. The normalized spacial score (nSPS) is 22.4. The van der Waals surface area contributed by atoms with Crippen LogP contribution in [0.1, 0.15) is 106 Å². The first-order valence-electron chi connectivity index (χ1n) is 23.8. The van der Waals surface area contributed by atoms with E-state index in [1.54, 1.807) is 29.5 Å². The lowest BCUT2D eigenvalue weighted by molar-refractivity contribution is -0.199. The van der Waals surface area contributed by atoms with Gasteiger partial charge in [-0.3, -0.25) is 24.1 Å². The summed E-state index contributed by atoms with van der Waals surface area (Å²) in [6.07, 6.45) is -1.18. The molecule has 4 aromatic rings. The second-order valence-corrected chi connectivity index (χ2v) is 22.7. The van der Waals surface area contributed by atoms with Crippen LogP contribution < -0.4 is 15.4 Å². The Bertz CT molecular complexity index is 2760. The lowest BCUT2D eigenvalue weighted by Gasteiger charge is -2.65. The molecule has 8 rings (SSSR count). The van der Waals surface area contributed by atoms with Crippen molar-refractivity contribution in [3.63, 3.8) is 0 Å². The Balaban J connectivity index is 0.793. The number of aliphatic hydroxyl groups is 1. The van der Waals surface area contributed by atoms with Gasteiger partial charge in [0.05, 0.1) is 51.5 Å². The van der Waals surface area contributed by atoms with Gasteiger partial charge in [-0.25, -0.2) is 4.98 Å². The molecule has 368 valence electrons. The smallest absolute Gasteiger partial charge is 0.254 e. The molecule has 16 heteroatoms. The predicted molar refractivity (Wildman–Crippen MR) is 268 cm³/mol. The SMILES string of the molecule is Cc1ncsc1-c1ccc([C@H](C)NC(=O)[C@@H]2C[C@@H](O)CN2C(=O)C(NC(=O)COC2CN(CC#Cc3ccc4c(c3)CN([C@H]3C(C)(C)[C@H](Oc5ccc(C#N)c(Cl)c5)C3(C)C)C4=O)C2)C(C)(C)C)cc1. The first-order chi connectivity index (χ1) is 33.1. The fourth-order valence-electron chi connectivity index (χ4n) is 11.1. The molecule has 3 aromatic carbocycles. The summed E-state index contributed by atoms with van der Waals surface area (Å²) in [4.78, 5) is 65.9. The van der Waals surface area contributed by atoms with E-state index in [-0.39, 0.29) is 66.5 Å². The van der Waals surface area contributed by atoms with Gasteiger partial charge in [-0.1, -0.05) is 96.2 Å². The van der Waals surface area contributed by atoms with Crippen LogP contribution in [0.5, 0.6) is 5.75 Å². The number of ether oxygens (including phenoxy) is 2. The van der Waals surface area contributed by atoms with Crippen molar-refractivity contribution in [1.29, 1.82) is 5.26 Å². The van der Waals surface area contributed by atoms with Crippen LogP contribution in [-0.2, 0) is 25.7 Å². The van der Waals surface area contributed by atoms with E-state index in [2.05, 4.69) is 66.1 Å². The lowest BCUT2D eigenvalue weighted by Crippen LogP contribution is -2.74. The summed E-state index contributed by atoms with van der Waals surface area (Å²) >= 11 is 7.87. The topological polar surface area (TPSA) is 177 Å². The van der Waals surface area contributed by atoms with Gasteiger partial charge in [0.25, 0.3) is 5.91 Å². The molecule has 0 bridgehead atoms. The summed E-state index contributed by atoms with van der Waals surface area (Å²) in [6, 6.07) is 18.5. The number of nitriles is 1. The number of aliphatic hydroxyl groups excluding tert-OH is 1. The number of thiazole rings is 1. The van der Waals surface area contributed by atoms with Crippen LogP contribution in [0.25, 0.3) is 10.4 Å². The van der Waals surface area contributed by atoms with Gasteiger partial charge in [0.15, 0.2) is 0 Å². The fraction of sp³-hybridized carbons (Fsp3) is 0.481. The zero-order valence-electron chi connectivity index (χ0n) is 41.3. The highest BCUT2D eigenvalue weighted by molar-refractivity contribution is 7.13. The van der Waals surface area contributed by atoms with Crippen molar-refractivity contribution in [3.8, 4) is 34.1 Å². The minimum absolute atomic E-state index is 0.00644. The number of likely N-dealkylation sites (tertiary alicyclic amines) is 2. The Morgan fingerprint density at radius 1 is 1.01 bits per heavy atom. The highest BCUT2D eigenvalue weighted by Crippen LogP contribution is 2.59. The Kier molecular flexibility index (Phi) is 14.3. The molecule has 4 atom stereocenters. The summed E-state index contributed by atoms with van der Waals surface area (Å²) < 4.78 is 12.4. The van der Waals surface area contributed by atoms with Crippen molar-refractivity contribution < 1.29 is 33.8 Å². The number of fused-ring (bicyclic) bond motifs is 1. The molecule has 0 radical (unpaired) electrons. The molecule has 70 heavy (non-hydrogen) atoms. The van der Waals surface area contributed by atoms with Gasteiger partial charge >= 0.3 is 0 Å². The monoisotopic (exact) mass is 987 g/mol. The standard InChI is InChI=1S/C54H62ClN7O7S/c1-31(34-13-15-35(16-14-34)45-32(2)57-30-70-45)58-47(65)43-22-38(63)26-61(43)49(67)46(52(3,4)5)59-44(64)29-68-40-27-60(28-40)20-10-11-33-12-19-41-37(21-33)25-62(48(41)66)50-53(6,7)51(54(50,8)9)69-39-18-17-36(24-56)42(55)23-39/h12-19,21,23,30-31,38,40,43,46,50-51,63H,20,22,25-29H2,1-9H3,(H,58,65)(H,59,64)/t31-,38+,43-,46?,50-,51-/m0/s1. The van der Waals surface area contributed by atoms with E-state index in [0.29, 0.717) is 48.1 Å². The van der Waals surface area contributed by atoms with Crippen LogP contribution in [0.3, 0.4) is 0 Å². The molecule has 1 aliphatic carbocycles. The summed E-state index contributed by atoms with van der Waals surface area (Å²) in [6.45, 7) is 19.8. The summed E-state index contributed by atoms with van der Waals surface area (Å²) in [5.74, 6) is 5.83. The van der Waals surface area contributed by atoms with E-state index in [1.165, 1.54) is 4.90 Å². The third-order valence-electron chi connectivity index (χ3n) is 14.3. The molecule has 4 aliphatic rings. The average Bonchev–Trinajstić information content (AvgIpc) is 3.99. The minimum atomic E-state index is -0.969. The van der Waals surface area contributed by atoms with Crippen molar-refractivity contribution in [1.82, 2.24) is 30.3 Å². The van der Waals surface area contributed by atoms with Crippen molar-refractivity contribution in [2.75, 3.05) is 32.8 Å². The maximum Gasteiger partial charge on any atom is 0.254 e. The second-order valence-electron chi connectivity index (χ2n) is 21.4. The van der Waals surface area contributed by atoms with Crippen molar-refractivity contribution in [3.05, 3.63) is 105 Å². The number of rotatable bonds is 13. The number of amides is 4. The van der Waals surface area contributed by atoms with Crippen LogP contribution in [-0.4, -0.2) is 118 Å². The average molecular weight is 989 g/mol. The molecule has 2 saturated heterocycles. The molecular formula is C54H62ClN7O7S. The molecule has 1 unspecified atom stereocenters. The number of aryl methyl sites for hydroxylation is 1. The Morgan fingerprint density at radius 2 is 1.73 bits per heavy atom. The lowest BCUT2D eigenvalue weighted by atomic mass is 9.49. The van der Waals surface area contributed by atoms with Gasteiger partial charge in [-0.2, -0.15) is 5.26 Å². The number of nitrogens with zero attached hydrogens (tertiary/aromatic N) is 5. The molecule has 4 amide bonds. The molecular weight excluding hydrogens is 926 g/mol. The van der Waals surface area contributed by atoms with Gasteiger partial charge < -0.3 is 35.0 Å². The molecule has 1 saturated carbocycles. The van der Waals surface area contributed by atoms with Crippen LogP contribution in [0, 0.1) is 46.3 Å². The fourth-order valence-corrected chi connectivity index (χ4v) is 12.1. The largest absolute Gasteiger partial charge is 0.489 e. The summed E-state index contributed by atoms with van der Waals surface area (Å²) in [7, 11) is 0. The molecule has 3 aliphatic heterocycles. The molecule has 0 spiro atoms. The quantitative estimate of drug-likeness (QED) is 0.119. The van der Waals surface area contributed by atoms with E-state index >= 15 is 0 Å². The van der Waals surface area contributed by atoms with Gasteiger partial charge in [-0.05, 0) is 66.3 Å². The zero-order valence-corrected chi connectivity index (χ0v) is 42.8. The van der Waals surface area contributed by atoms with Crippen LogP contribution in [0.4, 0.5) is 0 Å². The van der Waals surface area contributed by atoms with Gasteiger partial charge in [0.1, 0.15) is 36.6 Å². The highest BCUT2D eigenvalue weighted by atomic mass is 35.5. The van der Waals surface area contributed by atoms with Gasteiger partial charge in [-0.15, -0.1) is 11.3 Å². The second kappa shape index (κ2) is 19.8. The van der Waals surface area contributed by atoms with E-state index < -0.39 is 35.4 Å². The van der Waals surface area contributed by atoms with Crippen molar-refractivity contribution in [2.24, 2.45) is 16.2 Å². The van der Waals surface area contributed by atoms with Crippen LogP contribution in [0.15, 0.2) is 66.2 Å². The van der Waals surface area contributed by atoms with E-state index in [1.807, 2.05) is 87.5 Å². The Morgan fingerprint density at radius 3 is 2.37 bits per heavy atom. The van der Waals surface area contributed by atoms with Gasteiger partial charge in [0, 0.05) is 66.7 Å². The summed E-state index contributed by atoms with van der Waals surface area (Å²) in [5.41, 5.74) is 6.09. The van der Waals surface area contributed by atoms with E-state index in [0.717, 1.165) is 32.8 Å². The minimum Gasteiger partial charge on any atom is -0.489 e. The number of hydrogen-bond acceptors (Lipinski definition) is 11. The third-order valence-corrected chi connectivity index (χ3v) is 15.6. The number of aromatic nitrogens is 1. The molecule has 4 heterocycles. The number of hydrogen-bond donors (Lipinski definition) is 3. The zero-order chi connectivity index (χ0) is 50.4. The predicted octanol–water partition coefficient (Wildman–Crippen LogP) is 6.90. The Hall–Kier alpha value is -5.81. The van der Waals surface area contributed by atoms with Crippen molar-refractivity contribution >= 4 is 46.6 Å². The van der Waals surface area contributed by atoms with Crippen LogP contribution in [0.2, 0.25) is 5.02 Å². The molecule has 3 fully saturated rings. The number of β-amino-alcohol motifs (C(OH)–C–C–N with tert-alkyl or cyclic N) is 1. The van der Waals surface area contributed by atoms with Crippen LogP contribution >= 0.6 is 22.9 Å². The molecule has 3 N–H and O–H groups in total. The highest BCUT2D eigenvalue weighted by Gasteiger charge is 2.67. The number of nitrogens with one attached hydrogen (secondary N) is 2. The number of halogens is 1. The number of carbonyl (C=O) groups is 4. The number of carbonyl (C=O) groups excluding carboxylic acids is 4. The van der Waals surface area contributed by atoms with E-state index in [9.17, 15) is 29.5 Å². The Labute approximate surface area is 419 Å². The maximum atomic E-state index is 14.2.